The second-order valence-corrected chi connectivity index (χ2v) is 6.58. The number of hydrogen-bond acceptors (Lipinski definition) is 4. The van der Waals surface area contributed by atoms with Crippen LogP contribution >= 0.6 is 24.8 Å². The number of nitrogens with two attached hydrogens (primary N) is 1. The molecule has 0 radical (unpaired) electrons. The standard InChI is InChI=1S/C20H23N3O2.2ClH/c1-12(2)14-5-7-15(8-6-14)16(21)11-22-20(24)19-10-17-18(25-19)9-4-13(3)23-17;;/h4-10,12,16H,11,21H2,1-3H3,(H,22,24);2*1H. The van der Waals surface area contributed by atoms with E-state index in [9.17, 15) is 4.79 Å². The Kier molecular flexibility index (Phi) is 8.28. The van der Waals surface area contributed by atoms with Crippen molar-refractivity contribution in [2.75, 3.05) is 6.54 Å². The van der Waals surface area contributed by atoms with Crippen LogP contribution in [0.5, 0.6) is 0 Å². The van der Waals surface area contributed by atoms with Gasteiger partial charge in [0.1, 0.15) is 5.52 Å². The topological polar surface area (TPSA) is 81.2 Å². The monoisotopic (exact) mass is 409 g/mol. The molecule has 0 aliphatic rings. The van der Waals surface area contributed by atoms with Crippen molar-refractivity contribution in [3.05, 3.63) is 65.0 Å². The highest BCUT2D eigenvalue weighted by Crippen LogP contribution is 2.19. The van der Waals surface area contributed by atoms with Crippen LogP contribution in [-0.2, 0) is 0 Å². The molecule has 1 unspecified atom stereocenters. The molecule has 2 aromatic heterocycles. The number of rotatable bonds is 5. The van der Waals surface area contributed by atoms with Crippen molar-refractivity contribution in [2.24, 2.45) is 5.73 Å². The molecule has 0 fully saturated rings. The number of furan rings is 1. The SMILES string of the molecule is Cc1ccc2oc(C(=O)NCC(N)c3ccc(C(C)C)cc3)cc2n1.Cl.Cl. The number of halogens is 2. The quantitative estimate of drug-likeness (QED) is 0.648. The van der Waals surface area contributed by atoms with Crippen molar-refractivity contribution in [2.45, 2.75) is 32.7 Å². The fourth-order valence-corrected chi connectivity index (χ4v) is 2.67. The van der Waals surface area contributed by atoms with Crippen LogP contribution in [0.2, 0.25) is 0 Å². The Bertz CT molecular complexity index is 892. The van der Waals surface area contributed by atoms with Crippen LogP contribution in [0.25, 0.3) is 11.1 Å². The number of aromatic nitrogens is 1. The van der Waals surface area contributed by atoms with Crippen molar-refractivity contribution >= 4 is 41.8 Å². The van der Waals surface area contributed by atoms with Gasteiger partial charge in [-0.3, -0.25) is 4.79 Å². The average molecular weight is 410 g/mol. The number of nitrogens with zero attached hydrogens (tertiary/aromatic N) is 1. The molecule has 1 amide bonds. The molecule has 3 N–H and O–H groups in total. The predicted octanol–water partition coefficient (Wildman–Crippen LogP) is 4.53. The molecule has 0 bridgehead atoms. The molecular formula is C20H25Cl2N3O2. The first-order valence-electron chi connectivity index (χ1n) is 8.45. The van der Waals surface area contributed by atoms with Gasteiger partial charge in [0.05, 0.1) is 0 Å². The summed E-state index contributed by atoms with van der Waals surface area (Å²) < 4.78 is 5.55. The maximum Gasteiger partial charge on any atom is 0.287 e. The van der Waals surface area contributed by atoms with Crippen LogP contribution in [0.3, 0.4) is 0 Å². The molecule has 27 heavy (non-hydrogen) atoms. The summed E-state index contributed by atoms with van der Waals surface area (Å²) in [5.74, 6) is 0.440. The van der Waals surface area contributed by atoms with E-state index in [-0.39, 0.29) is 42.5 Å². The average Bonchev–Trinajstić information content (AvgIpc) is 3.02. The minimum Gasteiger partial charge on any atom is -0.449 e. The van der Waals surface area contributed by atoms with E-state index in [0.29, 0.717) is 23.6 Å². The summed E-state index contributed by atoms with van der Waals surface area (Å²) in [7, 11) is 0. The van der Waals surface area contributed by atoms with E-state index in [0.717, 1.165) is 11.3 Å². The van der Waals surface area contributed by atoms with Crippen LogP contribution in [0.1, 0.15) is 53.2 Å². The molecule has 0 aliphatic heterocycles. The normalized spacial score (nSPS) is 11.6. The van der Waals surface area contributed by atoms with Crippen molar-refractivity contribution in [1.29, 1.82) is 0 Å². The minimum atomic E-state index is -0.287. The van der Waals surface area contributed by atoms with Crippen molar-refractivity contribution in [1.82, 2.24) is 10.3 Å². The lowest BCUT2D eigenvalue weighted by atomic mass is 9.99. The predicted molar refractivity (Wildman–Crippen MR) is 113 cm³/mol. The number of carbonyl (C=O) groups excluding carboxylic acids is 1. The smallest absolute Gasteiger partial charge is 0.287 e. The third-order valence-electron chi connectivity index (χ3n) is 4.25. The van der Waals surface area contributed by atoms with Gasteiger partial charge in [-0.1, -0.05) is 38.1 Å². The van der Waals surface area contributed by atoms with Gasteiger partial charge in [-0.05, 0) is 36.1 Å². The summed E-state index contributed by atoms with van der Waals surface area (Å²) in [6, 6.07) is 13.2. The summed E-state index contributed by atoms with van der Waals surface area (Å²) in [6.45, 7) is 6.54. The van der Waals surface area contributed by atoms with Crippen LogP contribution in [0.4, 0.5) is 0 Å². The third-order valence-corrected chi connectivity index (χ3v) is 4.25. The zero-order valence-electron chi connectivity index (χ0n) is 15.6. The van der Waals surface area contributed by atoms with E-state index in [1.807, 2.05) is 31.2 Å². The Morgan fingerprint density at radius 1 is 1.11 bits per heavy atom. The summed E-state index contributed by atoms with van der Waals surface area (Å²) in [5, 5.41) is 2.82. The van der Waals surface area contributed by atoms with Gasteiger partial charge >= 0.3 is 0 Å². The first-order valence-corrected chi connectivity index (χ1v) is 8.45. The van der Waals surface area contributed by atoms with E-state index in [2.05, 4.69) is 36.3 Å². The zero-order chi connectivity index (χ0) is 18.0. The van der Waals surface area contributed by atoms with Crippen LogP contribution in [0, 0.1) is 6.92 Å². The molecule has 146 valence electrons. The fraction of sp³-hybridized carbons (Fsp3) is 0.300. The number of carbonyl (C=O) groups is 1. The highest BCUT2D eigenvalue weighted by molar-refractivity contribution is 5.95. The molecule has 7 heteroatoms. The maximum absolute atomic E-state index is 12.3. The van der Waals surface area contributed by atoms with E-state index in [1.165, 1.54) is 5.56 Å². The molecule has 0 aliphatic carbocycles. The van der Waals surface area contributed by atoms with Crippen LogP contribution < -0.4 is 11.1 Å². The summed E-state index contributed by atoms with van der Waals surface area (Å²) in [5.41, 5.74) is 10.6. The number of fused-ring (bicyclic) bond motifs is 1. The largest absolute Gasteiger partial charge is 0.449 e. The Morgan fingerprint density at radius 2 is 1.74 bits per heavy atom. The van der Waals surface area contributed by atoms with Crippen molar-refractivity contribution in [3.63, 3.8) is 0 Å². The molecule has 2 heterocycles. The highest BCUT2D eigenvalue weighted by Gasteiger charge is 2.15. The van der Waals surface area contributed by atoms with Crippen LogP contribution in [0.15, 0.2) is 46.9 Å². The number of pyridine rings is 1. The first kappa shape index (κ1) is 23.0. The molecule has 3 rings (SSSR count). The van der Waals surface area contributed by atoms with E-state index in [4.69, 9.17) is 10.2 Å². The lowest BCUT2D eigenvalue weighted by molar-refractivity contribution is 0.0925. The van der Waals surface area contributed by atoms with Crippen molar-refractivity contribution < 1.29 is 9.21 Å². The number of benzene rings is 1. The number of aryl methyl sites for hydroxylation is 1. The Balaban J connectivity index is 0.00000182. The Hall–Kier alpha value is -2.08. The molecule has 0 saturated carbocycles. The first-order chi connectivity index (χ1) is 11.9. The van der Waals surface area contributed by atoms with Gasteiger partial charge in [0.25, 0.3) is 5.91 Å². The molecule has 5 nitrogen and oxygen atoms in total. The van der Waals surface area contributed by atoms with Gasteiger partial charge in [0.15, 0.2) is 11.3 Å². The molecule has 0 saturated heterocycles. The molecule has 0 spiro atoms. The fourth-order valence-electron chi connectivity index (χ4n) is 2.67. The number of amides is 1. The molecular weight excluding hydrogens is 385 g/mol. The lowest BCUT2D eigenvalue weighted by Crippen LogP contribution is -2.31. The van der Waals surface area contributed by atoms with E-state index < -0.39 is 0 Å². The van der Waals surface area contributed by atoms with Gasteiger partial charge in [-0.2, -0.15) is 0 Å². The maximum atomic E-state index is 12.3. The van der Waals surface area contributed by atoms with Gasteiger partial charge < -0.3 is 15.5 Å². The van der Waals surface area contributed by atoms with Gasteiger partial charge in [-0.15, -0.1) is 24.8 Å². The highest BCUT2D eigenvalue weighted by atomic mass is 35.5. The summed E-state index contributed by atoms with van der Waals surface area (Å²) in [4.78, 5) is 16.6. The molecule has 1 atom stereocenters. The van der Waals surface area contributed by atoms with E-state index in [1.54, 1.807) is 6.07 Å². The van der Waals surface area contributed by atoms with Crippen LogP contribution in [-0.4, -0.2) is 17.4 Å². The van der Waals surface area contributed by atoms with E-state index >= 15 is 0 Å². The molecule has 3 aromatic rings. The minimum absolute atomic E-state index is 0. The Morgan fingerprint density at radius 3 is 2.37 bits per heavy atom. The molecule has 1 aromatic carbocycles. The van der Waals surface area contributed by atoms with Gasteiger partial charge in [0, 0.05) is 24.3 Å². The summed E-state index contributed by atoms with van der Waals surface area (Å²) in [6.07, 6.45) is 0. The second kappa shape index (κ2) is 9.74. The zero-order valence-corrected chi connectivity index (χ0v) is 17.2. The lowest BCUT2D eigenvalue weighted by Gasteiger charge is -2.14. The van der Waals surface area contributed by atoms with Gasteiger partial charge in [-0.25, -0.2) is 4.98 Å². The second-order valence-electron chi connectivity index (χ2n) is 6.58. The van der Waals surface area contributed by atoms with Gasteiger partial charge in [0.2, 0.25) is 0 Å². The van der Waals surface area contributed by atoms with Crippen molar-refractivity contribution in [3.8, 4) is 0 Å². The number of hydrogen-bond donors (Lipinski definition) is 2. The summed E-state index contributed by atoms with van der Waals surface area (Å²) >= 11 is 0. The Labute approximate surface area is 171 Å². The number of nitrogens with one attached hydrogen (secondary N) is 1. The third kappa shape index (κ3) is 5.45.